The van der Waals surface area contributed by atoms with Crippen LogP contribution in [0.25, 0.3) is 0 Å². The summed E-state index contributed by atoms with van der Waals surface area (Å²) in [5.74, 6) is 0.0544. The molecule has 0 aliphatic carbocycles. The summed E-state index contributed by atoms with van der Waals surface area (Å²) in [7, 11) is 0. The van der Waals surface area contributed by atoms with Gasteiger partial charge in [0.2, 0.25) is 0 Å². The third-order valence-electron chi connectivity index (χ3n) is 2.64. The van der Waals surface area contributed by atoms with Crippen molar-refractivity contribution in [2.24, 2.45) is 5.73 Å². The van der Waals surface area contributed by atoms with Crippen LogP contribution in [0.4, 0.5) is 0 Å². The van der Waals surface area contributed by atoms with Crippen molar-refractivity contribution < 1.29 is 9.53 Å². The zero-order valence-electron chi connectivity index (χ0n) is 12.2. The number of hydrogen-bond donors (Lipinski definition) is 1. The molecule has 0 radical (unpaired) electrons. The molecule has 2 N–H and O–H groups in total. The first-order valence-electron chi connectivity index (χ1n) is 6.74. The maximum absolute atomic E-state index is 11.3. The fraction of sp³-hybridized carbons (Fsp3) is 0.235. The third kappa shape index (κ3) is 4.43. The van der Waals surface area contributed by atoms with Gasteiger partial charge in [0.25, 0.3) is 5.91 Å². The Hall–Kier alpha value is -2.29. The van der Waals surface area contributed by atoms with Crippen molar-refractivity contribution in [2.75, 3.05) is 0 Å². The molecule has 0 aromatic heterocycles. The Morgan fingerprint density at radius 3 is 2.35 bits per heavy atom. The highest BCUT2D eigenvalue weighted by atomic mass is 16.5. The maximum Gasteiger partial charge on any atom is 0.252 e. The molecule has 0 spiro atoms. The summed E-state index contributed by atoms with van der Waals surface area (Å²) < 4.78 is 5.64. The molecule has 20 heavy (non-hydrogen) atoms. The summed E-state index contributed by atoms with van der Waals surface area (Å²) in [5.41, 5.74) is 7.79. The van der Waals surface area contributed by atoms with Gasteiger partial charge >= 0.3 is 0 Å². The summed E-state index contributed by atoms with van der Waals surface area (Å²) in [6.45, 7) is 6.33. The minimum Gasteiger partial charge on any atom is -0.488 e. The van der Waals surface area contributed by atoms with E-state index in [0.29, 0.717) is 17.9 Å². The monoisotopic (exact) mass is 271 g/mol. The van der Waals surface area contributed by atoms with Crippen LogP contribution >= 0.6 is 0 Å². The van der Waals surface area contributed by atoms with E-state index in [1.165, 1.54) is 0 Å². The van der Waals surface area contributed by atoms with Gasteiger partial charge < -0.3 is 10.5 Å². The van der Waals surface area contributed by atoms with Crippen LogP contribution in [0.15, 0.2) is 48.5 Å². The lowest BCUT2D eigenvalue weighted by molar-refractivity contribution is 0.0996. The van der Waals surface area contributed by atoms with Crippen LogP contribution in [0.5, 0.6) is 5.75 Å². The van der Waals surface area contributed by atoms with Crippen LogP contribution in [0.1, 0.15) is 35.3 Å². The number of rotatable bonds is 4. The number of primary amides is 1. The van der Waals surface area contributed by atoms with Crippen molar-refractivity contribution in [3.63, 3.8) is 0 Å². The molecule has 1 amide bonds. The van der Waals surface area contributed by atoms with Gasteiger partial charge in [0.1, 0.15) is 12.4 Å². The molecule has 0 fully saturated rings. The summed E-state index contributed by atoms with van der Waals surface area (Å²) in [6, 6.07) is 15.2. The summed E-state index contributed by atoms with van der Waals surface area (Å²) in [4.78, 5) is 11.3. The lowest BCUT2D eigenvalue weighted by Gasteiger charge is -2.10. The number of carbonyl (C=O) groups is 1. The van der Waals surface area contributed by atoms with E-state index in [4.69, 9.17) is 10.5 Å². The third-order valence-corrected chi connectivity index (χ3v) is 2.64. The molecule has 0 atom stereocenters. The van der Waals surface area contributed by atoms with Crippen LogP contribution in [-0.2, 0) is 6.61 Å². The molecular formula is C17H21NO2. The number of aryl methyl sites for hydroxylation is 1. The molecule has 0 bridgehead atoms. The fourth-order valence-electron chi connectivity index (χ4n) is 1.70. The fourth-order valence-corrected chi connectivity index (χ4v) is 1.70. The molecular weight excluding hydrogens is 250 g/mol. The van der Waals surface area contributed by atoms with Gasteiger partial charge in [0, 0.05) is 0 Å². The molecule has 106 valence electrons. The molecule has 2 rings (SSSR count). The topological polar surface area (TPSA) is 52.3 Å². The average Bonchev–Trinajstić information content (AvgIpc) is 2.49. The normalized spacial score (nSPS) is 9.35. The number of amides is 1. The zero-order valence-corrected chi connectivity index (χ0v) is 12.2. The maximum atomic E-state index is 11.3. The second-order valence-corrected chi connectivity index (χ2v) is 4.14. The highest BCUT2D eigenvalue weighted by Crippen LogP contribution is 2.20. The van der Waals surface area contributed by atoms with E-state index in [9.17, 15) is 4.79 Å². The second-order valence-electron chi connectivity index (χ2n) is 4.14. The first-order valence-corrected chi connectivity index (χ1v) is 6.74. The predicted octanol–water partition coefficient (Wildman–Crippen LogP) is 3.70. The molecule has 0 heterocycles. The predicted molar refractivity (Wildman–Crippen MR) is 81.8 cm³/mol. The average molecular weight is 271 g/mol. The van der Waals surface area contributed by atoms with Crippen LogP contribution < -0.4 is 10.5 Å². The minimum atomic E-state index is -0.471. The van der Waals surface area contributed by atoms with Crippen molar-refractivity contribution in [1.82, 2.24) is 0 Å². The van der Waals surface area contributed by atoms with Crippen LogP contribution in [0, 0.1) is 6.92 Å². The molecule has 2 aromatic carbocycles. The minimum absolute atomic E-state index is 0.421. The van der Waals surface area contributed by atoms with Gasteiger partial charge in [0.15, 0.2) is 0 Å². The smallest absolute Gasteiger partial charge is 0.252 e. The molecule has 0 aliphatic rings. The van der Waals surface area contributed by atoms with E-state index >= 15 is 0 Å². The highest BCUT2D eigenvalue weighted by Gasteiger charge is 2.09. The van der Waals surface area contributed by atoms with Crippen molar-refractivity contribution in [3.05, 3.63) is 65.2 Å². The Morgan fingerprint density at radius 1 is 1.10 bits per heavy atom. The van der Waals surface area contributed by atoms with Crippen LogP contribution in [0.3, 0.4) is 0 Å². The van der Waals surface area contributed by atoms with Crippen molar-refractivity contribution >= 4 is 5.91 Å². The van der Waals surface area contributed by atoms with Crippen molar-refractivity contribution in [2.45, 2.75) is 27.4 Å². The number of nitrogens with two attached hydrogens (primary N) is 1. The molecule has 0 saturated carbocycles. The van der Waals surface area contributed by atoms with Gasteiger partial charge in [0.05, 0.1) is 5.56 Å². The largest absolute Gasteiger partial charge is 0.488 e. The van der Waals surface area contributed by atoms with Crippen LogP contribution in [0.2, 0.25) is 0 Å². The molecule has 0 saturated heterocycles. The molecule has 0 unspecified atom stereocenters. The Morgan fingerprint density at radius 2 is 1.75 bits per heavy atom. The molecule has 0 aliphatic heterocycles. The van der Waals surface area contributed by atoms with Crippen molar-refractivity contribution in [1.29, 1.82) is 0 Å². The SMILES string of the molecule is CC.Cc1ccc(OCc2ccccc2)c(C(N)=O)c1. The number of benzene rings is 2. The van der Waals surface area contributed by atoms with Gasteiger partial charge in [-0.1, -0.05) is 55.8 Å². The summed E-state index contributed by atoms with van der Waals surface area (Å²) in [5, 5.41) is 0. The second kappa shape index (κ2) is 8.00. The number of carbonyl (C=O) groups excluding carboxylic acids is 1. The van der Waals surface area contributed by atoms with Gasteiger partial charge in [-0.05, 0) is 24.6 Å². The van der Waals surface area contributed by atoms with E-state index < -0.39 is 5.91 Å². The standard InChI is InChI=1S/C15H15NO2.C2H6/c1-11-7-8-14(13(9-11)15(16)17)18-10-12-5-3-2-4-6-12;1-2/h2-9H,10H2,1H3,(H2,16,17);1-2H3. The van der Waals surface area contributed by atoms with E-state index in [-0.39, 0.29) is 0 Å². The van der Waals surface area contributed by atoms with E-state index in [1.807, 2.05) is 57.2 Å². The van der Waals surface area contributed by atoms with Crippen molar-refractivity contribution in [3.8, 4) is 5.75 Å². The Labute approximate surface area is 120 Å². The van der Waals surface area contributed by atoms with Gasteiger partial charge in [-0.3, -0.25) is 4.79 Å². The number of hydrogen-bond acceptors (Lipinski definition) is 2. The van der Waals surface area contributed by atoms with Gasteiger partial charge in [-0.2, -0.15) is 0 Å². The Bertz CT molecular complexity index is 550. The lowest BCUT2D eigenvalue weighted by atomic mass is 10.1. The number of ether oxygens (including phenoxy) is 1. The lowest BCUT2D eigenvalue weighted by Crippen LogP contribution is -2.13. The Balaban J connectivity index is 0.000000956. The van der Waals surface area contributed by atoms with E-state index in [1.54, 1.807) is 12.1 Å². The first kappa shape index (κ1) is 15.8. The molecule has 2 aromatic rings. The first-order chi connectivity index (χ1) is 9.66. The Kier molecular flexibility index (Phi) is 6.30. The van der Waals surface area contributed by atoms with Gasteiger partial charge in [-0.15, -0.1) is 0 Å². The molecule has 3 nitrogen and oxygen atoms in total. The summed E-state index contributed by atoms with van der Waals surface area (Å²) >= 11 is 0. The highest BCUT2D eigenvalue weighted by molar-refractivity contribution is 5.95. The summed E-state index contributed by atoms with van der Waals surface area (Å²) in [6.07, 6.45) is 0. The van der Waals surface area contributed by atoms with Gasteiger partial charge in [-0.25, -0.2) is 0 Å². The zero-order chi connectivity index (χ0) is 15.0. The van der Waals surface area contributed by atoms with Crippen LogP contribution in [-0.4, -0.2) is 5.91 Å². The quantitative estimate of drug-likeness (QED) is 0.921. The van der Waals surface area contributed by atoms with E-state index in [2.05, 4.69) is 0 Å². The molecule has 3 heteroatoms. The van der Waals surface area contributed by atoms with E-state index in [0.717, 1.165) is 11.1 Å².